The van der Waals surface area contributed by atoms with Crippen LogP contribution in [-0.4, -0.2) is 36.6 Å². The summed E-state index contributed by atoms with van der Waals surface area (Å²) in [5.74, 6) is 0. The Kier molecular flexibility index (Phi) is 5.45. The molecule has 1 aliphatic heterocycles. The molecule has 1 aliphatic carbocycles. The van der Waals surface area contributed by atoms with Crippen molar-refractivity contribution in [1.29, 1.82) is 0 Å². The number of hydrogen-bond acceptors (Lipinski definition) is 2. The molecule has 1 N–H and O–H groups in total. The van der Waals surface area contributed by atoms with Gasteiger partial charge in [0.15, 0.2) is 0 Å². The van der Waals surface area contributed by atoms with Crippen molar-refractivity contribution in [3.05, 3.63) is 23.8 Å². The van der Waals surface area contributed by atoms with Crippen molar-refractivity contribution in [2.75, 3.05) is 19.6 Å². The molecule has 1 heterocycles. The predicted molar refractivity (Wildman–Crippen MR) is 78.8 cm³/mol. The van der Waals surface area contributed by atoms with Crippen LogP contribution in [0.15, 0.2) is 23.8 Å². The summed E-state index contributed by atoms with van der Waals surface area (Å²) in [6.07, 6.45) is 13.5. The highest BCUT2D eigenvalue weighted by molar-refractivity contribution is 4.97. The maximum atomic E-state index is 3.85. The lowest BCUT2D eigenvalue weighted by Crippen LogP contribution is -2.46. The van der Waals surface area contributed by atoms with Gasteiger partial charge in [-0.25, -0.2) is 0 Å². The van der Waals surface area contributed by atoms with Crippen LogP contribution < -0.4 is 5.32 Å². The second-order valence-electron chi connectivity index (χ2n) is 6.00. The van der Waals surface area contributed by atoms with Crippen LogP contribution in [0.5, 0.6) is 0 Å². The second-order valence-corrected chi connectivity index (χ2v) is 6.00. The molecule has 1 unspecified atom stereocenters. The van der Waals surface area contributed by atoms with Crippen LogP contribution >= 0.6 is 0 Å². The molecule has 0 saturated carbocycles. The fourth-order valence-corrected chi connectivity index (χ4v) is 2.87. The maximum Gasteiger partial charge on any atom is 0.0165 e. The van der Waals surface area contributed by atoms with Gasteiger partial charge in [-0.15, -0.1) is 0 Å². The van der Waals surface area contributed by atoms with E-state index in [1.807, 2.05) is 0 Å². The van der Waals surface area contributed by atoms with E-state index in [4.69, 9.17) is 0 Å². The topological polar surface area (TPSA) is 15.3 Å². The summed E-state index contributed by atoms with van der Waals surface area (Å²) < 4.78 is 0. The highest BCUT2D eigenvalue weighted by atomic mass is 15.1. The zero-order valence-electron chi connectivity index (χ0n) is 12.0. The van der Waals surface area contributed by atoms with Crippen molar-refractivity contribution in [3.8, 4) is 0 Å². The first-order valence-electron chi connectivity index (χ1n) is 7.51. The SMILES string of the molecule is CC(C)=CCN1CCC(NC2CC=CCC2)CC1. The third-order valence-electron chi connectivity index (χ3n) is 4.09. The number of hydrogen-bond donors (Lipinski definition) is 1. The van der Waals surface area contributed by atoms with Crippen LogP contribution in [0.4, 0.5) is 0 Å². The van der Waals surface area contributed by atoms with Crippen LogP contribution in [-0.2, 0) is 0 Å². The van der Waals surface area contributed by atoms with Crippen molar-refractivity contribution in [3.63, 3.8) is 0 Å². The van der Waals surface area contributed by atoms with Crippen LogP contribution in [0.3, 0.4) is 0 Å². The molecule has 0 spiro atoms. The molecule has 2 aliphatic rings. The molecule has 2 heteroatoms. The van der Waals surface area contributed by atoms with E-state index in [9.17, 15) is 0 Å². The summed E-state index contributed by atoms with van der Waals surface area (Å²) in [5, 5.41) is 3.85. The van der Waals surface area contributed by atoms with Gasteiger partial charge in [-0.1, -0.05) is 23.8 Å². The Bertz CT molecular complexity index is 294. The summed E-state index contributed by atoms with van der Waals surface area (Å²) in [4.78, 5) is 2.58. The molecule has 0 radical (unpaired) electrons. The van der Waals surface area contributed by atoms with E-state index in [0.717, 1.165) is 18.6 Å². The maximum absolute atomic E-state index is 3.85. The molecule has 102 valence electrons. The highest BCUT2D eigenvalue weighted by Crippen LogP contribution is 2.16. The van der Waals surface area contributed by atoms with Gasteiger partial charge >= 0.3 is 0 Å². The molecule has 0 bridgehead atoms. The number of nitrogens with zero attached hydrogens (tertiary/aromatic N) is 1. The Balaban J connectivity index is 1.66. The monoisotopic (exact) mass is 248 g/mol. The molecule has 18 heavy (non-hydrogen) atoms. The zero-order chi connectivity index (χ0) is 12.8. The van der Waals surface area contributed by atoms with E-state index in [0.29, 0.717) is 0 Å². The fourth-order valence-electron chi connectivity index (χ4n) is 2.87. The number of likely N-dealkylation sites (tertiary alicyclic amines) is 1. The van der Waals surface area contributed by atoms with E-state index in [2.05, 4.69) is 42.3 Å². The largest absolute Gasteiger partial charge is 0.311 e. The Morgan fingerprint density at radius 2 is 1.94 bits per heavy atom. The van der Waals surface area contributed by atoms with Crippen LogP contribution in [0.1, 0.15) is 46.0 Å². The van der Waals surface area contributed by atoms with E-state index < -0.39 is 0 Å². The summed E-state index contributed by atoms with van der Waals surface area (Å²) in [7, 11) is 0. The van der Waals surface area contributed by atoms with Gasteiger partial charge in [-0.3, -0.25) is 4.90 Å². The van der Waals surface area contributed by atoms with Crippen LogP contribution in [0, 0.1) is 0 Å². The molecule has 2 nitrogen and oxygen atoms in total. The third-order valence-corrected chi connectivity index (χ3v) is 4.09. The highest BCUT2D eigenvalue weighted by Gasteiger charge is 2.21. The van der Waals surface area contributed by atoms with Gasteiger partial charge in [0, 0.05) is 18.6 Å². The average molecular weight is 248 g/mol. The zero-order valence-corrected chi connectivity index (χ0v) is 12.0. The quantitative estimate of drug-likeness (QED) is 0.769. The molecule has 1 saturated heterocycles. The van der Waals surface area contributed by atoms with Crippen LogP contribution in [0.25, 0.3) is 0 Å². The summed E-state index contributed by atoms with van der Waals surface area (Å²) in [6.45, 7) is 8.02. The first-order valence-corrected chi connectivity index (χ1v) is 7.51. The normalized spacial score (nSPS) is 26.2. The standard InChI is InChI=1S/C16H28N2/c1-14(2)8-11-18-12-9-16(10-13-18)17-15-6-4-3-5-7-15/h3-4,8,15-17H,5-7,9-13H2,1-2H3. The fraction of sp³-hybridized carbons (Fsp3) is 0.750. The number of piperidine rings is 1. The number of rotatable bonds is 4. The van der Waals surface area contributed by atoms with E-state index in [1.54, 1.807) is 0 Å². The molecule has 2 rings (SSSR count). The Labute approximate surface area is 112 Å². The van der Waals surface area contributed by atoms with E-state index >= 15 is 0 Å². The lowest BCUT2D eigenvalue weighted by molar-refractivity contribution is 0.204. The molecule has 0 aromatic heterocycles. The van der Waals surface area contributed by atoms with E-state index in [-0.39, 0.29) is 0 Å². The van der Waals surface area contributed by atoms with Gasteiger partial charge in [-0.2, -0.15) is 0 Å². The van der Waals surface area contributed by atoms with Crippen molar-refractivity contribution < 1.29 is 0 Å². The smallest absolute Gasteiger partial charge is 0.0165 e. The van der Waals surface area contributed by atoms with E-state index in [1.165, 1.54) is 50.8 Å². The Morgan fingerprint density at radius 3 is 2.56 bits per heavy atom. The third kappa shape index (κ3) is 4.58. The van der Waals surface area contributed by atoms with Gasteiger partial charge in [0.05, 0.1) is 0 Å². The first kappa shape index (κ1) is 13.8. The minimum absolute atomic E-state index is 0.740. The minimum atomic E-state index is 0.740. The molecular weight excluding hydrogens is 220 g/mol. The van der Waals surface area contributed by atoms with Crippen molar-refractivity contribution >= 4 is 0 Å². The predicted octanol–water partition coefficient (Wildman–Crippen LogP) is 3.12. The molecule has 0 aromatic carbocycles. The van der Waals surface area contributed by atoms with Gasteiger partial charge in [0.1, 0.15) is 0 Å². The summed E-state index contributed by atoms with van der Waals surface area (Å²) >= 11 is 0. The van der Waals surface area contributed by atoms with Gasteiger partial charge in [0.25, 0.3) is 0 Å². The van der Waals surface area contributed by atoms with Gasteiger partial charge in [0.2, 0.25) is 0 Å². The Hall–Kier alpha value is -0.600. The molecular formula is C16H28N2. The molecule has 0 aromatic rings. The lowest BCUT2D eigenvalue weighted by Gasteiger charge is -2.34. The number of nitrogens with one attached hydrogen (secondary N) is 1. The molecule has 1 fully saturated rings. The molecule has 1 atom stereocenters. The minimum Gasteiger partial charge on any atom is -0.311 e. The molecule has 0 amide bonds. The Morgan fingerprint density at radius 1 is 1.17 bits per heavy atom. The van der Waals surface area contributed by atoms with Gasteiger partial charge < -0.3 is 5.32 Å². The first-order chi connectivity index (χ1) is 8.74. The van der Waals surface area contributed by atoms with Crippen molar-refractivity contribution in [2.24, 2.45) is 0 Å². The van der Waals surface area contributed by atoms with Crippen molar-refractivity contribution in [2.45, 2.75) is 58.0 Å². The van der Waals surface area contributed by atoms with Gasteiger partial charge in [-0.05, 0) is 59.0 Å². The summed E-state index contributed by atoms with van der Waals surface area (Å²) in [5.41, 5.74) is 1.43. The summed E-state index contributed by atoms with van der Waals surface area (Å²) in [6, 6.07) is 1.49. The average Bonchev–Trinajstić information content (AvgIpc) is 2.39. The van der Waals surface area contributed by atoms with Crippen molar-refractivity contribution in [1.82, 2.24) is 10.2 Å². The second kappa shape index (κ2) is 7.10. The van der Waals surface area contributed by atoms with Crippen LogP contribution in [0.2, 0.25) is 0 Å². The lowest BCUT2D eigenvalue weighted by atomic mass is 9.98. The number of allylic oxidation sites excluding steroid dienone is 2.